The van der Waals surface area contributed by atoms with E-state index >= 15 is 0 Å². The molecule has 1 atom stereocenters. The van der Waals surface area contributed by atoms with Crippen LogP contribution in [-0.4, -0.2) is 49.5 Å². The van der Waals surface area contributed by atoms with Crippen LogP contribution in [-0.2, 0) is 0 Å². The second kappa shape index (κ2) is 9.40. The Labute approximate surface area is 194 Å². The molecule has 0 aliphatic carbocycles. The Morgan fingerprint density at radius 3 is 2.42 bits per heavy atom. The second-order valence-electron chi connectivity index (χ2n) is 9.08. The molecule has 1 aliphatic rings. The zero-order valence-corrected chi connectivity index (χ0v) is 20.1. The SMILES string of the molecule is CCCCOc1ccc(C2c3c(oc4cc(C)c(C)cc4c3=O)C(=O)N2CCN(C)C)cc1. The summed E-state index contributed by atoms with van der Waals surface area (Å²) in [6.45, 7) is 7.92. The van der Waals surface area contributed by atoms with Crippen molar-refractivity contribution in [2.45, 2.75) is 39.7 Å². The van der Waals surface area contributed by atoms with Gasteiger partial charge in [0.1, 0.15) is 11.3 Å². The molecular formula is C27H32N2O4. The van der Waals surface area contributed by atoms with E-state index in [0.29, 0.717) is 36.2 Å². The molecule has 1 aromatic heterocycles. The predicted molar refractivity (Wildman–Crippen MR) is 130 cm³/mol. The Hall–Kier alpha value is -3.12. The summed E-state index contributed by atoms with van der Waals surface area (Å²) < 4.78 is 11.9. The monoisotopic (exact) mass is 448 g/mol. The summed E-state index contributed by atoms with van der Waals surface area (Å²) in [7, 11) is 3.93. The number of hydrogen-bond acceptors (Lipinski definition) is 5. The first-order valence-electron chi connectivity index (χ1n) is 11.6. The van der Waals surface area contributed by atoms with Crippen molar-refractivity contribution >= 4 is 16.9 Å². The Morgan fingerprint density at radius 1 is 1.06 bits per heavy atom. The molecule has 6 nitrogen and oxygen atoms in total. The Balaban J connectivity index is 1.81. The molecule has 2 heterocycles. The van der Waals surface area contributed by atoms with Crippen molar-refractivity contribution in [2.24, 2.45) is 0 Å². The molecule has 0 saturated heterocycles. The first-order chi connectivity index (χ1) is 15.8. The topological polar surface area (TPSA) is 63.0 Å². The lowest BCUT2D eigenvalue weighted by Crippen LogP contribution is -2.35. The van der Waals surface area contributed by atoms with Gasteiger partial charge in [-0.25, -0.2) is 0 Å². The lowest BCUT2D eigenvalue weighted by Gasteiger charge is -2.26. The molecule has 1 unspecified atom stereocenters. The van der Waals surface area contributed by atoms with Gasteiger partial charge in [-0.1, -0.05) is 25.5 Å². The first-order valence-corrected chi connectivity index (χ1v) is 11.6. The number of fused-ring (bicyclic) bond motifs is 2. The summed E-state index contributed by atoms with van der Waals surface area (Å²) in [5.41, 5.74) is 3.67. The molecule has 4 rings (SSSR count). The summed E-state index contributed by atoms with van der Waals surface area (Å²) in [5, 5.41) is 0.517. The van der Waals surface area contributed by atoms with Crippen molar-refractivity contribution in [2.75, 3.05) is 33.8 Å². The van der Waals surface area contributed by atoms with E-state index in [-0.39, 0.29) is 17.1 Å². The average Bonchev–Trinajstić information content (AvgIpc) is 3.06. The highest BCUT2D eigenvalue weighted by molar-refractivity contribution is 5.99. The van der Waals surface area contributed by atoms with Gasteiger partial charge in [0.15, 0.2) is 5.43 Å². The van der Waals surface area contributed by atoms with Crippen LogP contribution in [0.15, 0.2) is 45.6 Å². The third-order valence-electron chi connectivity index (χ3n) is 6.33. The largest absolute Gasteiger partial charge is 0.494 e. The number of rotatable bonds is 8. The van der Waals surface area contributed by atoms with Gasteiger partial charge < -0.3 is 19.0 Å². The second-order valence-corrected chi connectivity index (χ2v) is 9.08. The maximum absolute atomic E-state index is 13.7. The van der Waals surface area contributed by atoms with Gasteiger partial charge in [0.2, 0.25) is 5.76 Å². The van der Waals surface area contributed by atoms with E-state index in [9.17, 15) is 9.59 Å². The molecule has 1 aliphatic heterocycles. The minimum Gasteiger partial charge on any atom is -0.494 e. The van der Waals surface area contributed by atoms with Crippen molar-refractivity contribution < 1.29 is 13.9 Å². The van der Waals surface area contributed by atoms with E-state index in [1.165, 1.54) is 0 Å². The summed E-state index contributed by atoms with van der Waals surface area (Å²) >= 11 is 0. The number of carbonyl (C=O) groups excluding carboxylic acids is 1. The number of amides is 1. The van der Waals surface area contributed by atoms with Crippen LogP contribution in [0.1, 0.15) is 58.6 Å². The number of carbonyl (C=O) groups is 1. The van der Waals surface area contributed by atoms with E-state index in [1.807, 2.05) is 69.2 Å². The molecule has 6 heteroatoms. The number of benzene rings is 2. The number of likely N-dealkylation sites (N-methyl/N-ethyl adjacent to an activating group) is 1. The molecule has 0 N–H and O–H groups in total. The van der Waals surface area contributed by atoms with Crippen molar-refractivity contribution in [1.82, 2.24) is 9.80 Å². The fourth-order valence-electron chi connectivity index (χ4n) is 4.24. The first kappa shape index (κ1) is 23.1. The summed E-state index contributed by atoms with van der Waals surface area (Å²) in [6.07, 6.45) is 2.07. The number of unbranched alkanes of at least 4 members (excludes halogenated alkanes) is 1. The third kappa shape index (κ3) is 4.40. The van der Waals surface area contributed by atoms with Gasteiger partial charge in [0, 0.05) is 13.1 Å². The van der Waals surface area contributed by atoms with E-state index in [1.54, 1.807) is 4.90 Å². The van der Waals surface area contributed by atoms with Gasteiger partial charge in [-0.05, 0) is 75.3 Å². The number of nitrogens with zero attached hydrogens (tertiary/aromatic N) is 2. The molecule has 174 valence electrons. The molecule has 0 spiro atoms. The molecule has 0 radical (unpaired) electrons. The van der Waals surface area contributed by atoms with Gasteiger partial charge in [0.05, 0.1) is 23.6 Å². The van der Waals surface area contributed by atoms with E-state index in [0.717, 1.165) is 35.3 Å². The summed E-state index contributed by atoms with van der Waals surface area (Å²) in [4.78, 5) is 30.9. The number of ether oxygens (including phenoxy) is 1. The van der Waals surface area contributed by atoms with Crippen LogP contribution in [0.4, 0.5) is 0 Å². The van der Waals surface area contributed by atoms with Gasteiger partial charge in [-0.2, -0.15) is 0 Å². The van der Waals surface area contributed by atoms with Crippen LogP contribution < -0.4 is 10.2 Å². The van der Waals surface area contributed by atoms with E-state index in [4.69, 9.17) is 9.15 Å². The minimum atomic E-state index is -0.487. The number of aryl methyl sites for hydroxylation is 2. The smallest absolute Gasteiger partial charge is 0.290 e. The van der Waals surface area contributed by atoms with Crippen LogP contribution in [0.25, 0.3) is 11.0 Å². The highest BCUT2D eigenvalue weighted by atomic mass is 16.5. The van der Waals surface area contributed by atoms with Crippen molar-refractivity contribution in [3.63, 3.8) is 0 Å². The highest BCUT2D eigenvalue weighted by Crippen LogP contribution is 2.38. The van der Waals surface area contributed by atoms with Crippen LogP contribution in [0, 0.1) is 13.8 Å². The Bertz CT molecular complexity index is 1230. The Kier molecular flexibility index (Phi) is 6.56. The third-order valence-corrected chi connectivity index (χ3v) is 6.33. The maximum Gasteiger partial charge on any atom is 0.290 e. The zero-order chi connectivity index (χ0) is 23.7. The maximum atomic E-state index is 13.7. The van der Waals surface area contributed by atoms with Crippen molar-refractivity contribution in [1.29, 1.82) is 0 Å². The molecule has 0 bridgehead atoms. The molecule has 0 fully saturated rings. The normalized spacial score (nSPS) is 15.5. The van der Waals surface area contributed by atoms with Gasteiger partial charge in [-0.3, -0.25) is 9.59 Å². The molecule has 33 heavy (non-hydrogen) atoms. The number of hydrogen-bond donors (Lipinski definition) is 0. The lowest BCUT2D eigenvalue weighted by molar-refractivity contribution is 0.0716. The van der Waals surface area contributed by atoms with Crippen LogP contribution in [0.5, 0.6) is 5.75 Å². The molecule has 0 saturated carbocycles. The summed E-state index contributed by atoms with van der Waals surface area (Å²) in [5.74, 6) is 0.702. The van der Waals surface area contributed by atoms with Crippen molar-refractivity contribution in [3.8, 4) is 5.75 Å². The van der Waals surface area contributed by atoms with Gasteiger partial charge >= 0.3 is 0 Å². The quantitative estimate of drug-likeness (QED) is 0.468. The molecule has 2 aromatic carbocycles. The molecule has 1 amide bonds. The standard InChI is InChI=1S/C27H32N2O4/c1-6-7-14-32-20-10-8-19(9-11-20)24-23-25(30)21-15-17(2)18(3)16-22(21)33-26(23)27(31)29(24)13-12-28(4)5/h8-11,15-16,24H,6-7,12-14H2,1-5H3. The predicted octanol–water partition coefficient (Wildman–Crippen LogP) is 4.70. The highest BCUT2D eigenvalue weighted by Gasteiger charge is 2.42. The Morgan fingerprint density at radius 2 is 1.76 bits per heavy atom. The van der Waals surface area contributed by atoms with Crippen LogP contribution in [0.2, 0.25) is 0 Å². The average molecular weight is 449 g/mol. The van der Waals surface area contributed by atoms with E-state index < -0.39 is 6.04 Å². The van der Waals surface area contributed by atoms with Gasteiger partial charge in [0.25, 0.3) is 5.91 Å². The van der Waals surface area contributed by atoms with Crippen LogP contribution >= 0.6 is 0 Å². The lowest BCUT2D eigenvalue weighted by atomic mass is 9.97. The summed E-state index contributed by atoms with van der Waals surface area (Å²) in [6, 6.07) is 10.9. The fourth-order valence-corrected chi connectivity index (χ4v) is 4.24. The van der Waals surface area contributed by atoms with Crippen LogP contribution in [0.3, 0.4) is 0 Å². The fraction of sp³-hybridized carbons (Fsp3) is 0.407. The molecular weight excluding hydrogens is 416 g/mol. The zero-order valence-electron chi connectivity index (χ0n) is 20.1. The van der Waals surface area contributed by atoms with Gasteiger partial charge in [-0.15, -0.1) is 0 Å². The molecule has 3 aromatic rings. The van der Waals surface area contributed by atoms with E-state index in [2.05, 4.69) is 6.92 Å². The minimum absolute atomic E-state index is 0.136. The van der Waals surface area contributed by atoms with Crippen molar-refractivity contribution in [3.05, 3.63) is 74.6 Å².